The van der Waals surface area contributed by atoms with Gasteiger partial charge in [0.05, 0.1) is 0 Å². The van der Waals surface area contributed by atoms with Gasteiger partial charge in [-0.05, 0) is 26.8 Å². The Morgan fingerprint density at radius 3 is 2.71 bits per heavy atom. The molecule has 21 heavy (non-hydrogen) atoms. The molecular formula is C16H22FN3O. The standard InChI is InChI=1S/C16H22FN3O/c1-16(2,3)19-10-12-6-5-7-13(17)15(12)21-11-14-18-8-9-20(14)4/h5-9,19H,10-11H2,1-4H3. The summed E-state index contributed by atoms with van der Waals surface area (Å²) < 4.78 is 21.5. The Labute approximate surface area is 125 Å². The van der Waals surface area contributed by atoms with Crippen LogP contribution in [0.4, 0.5) is 4.39 Å². The summed E-state index contributed by atoms with van der Waals surface area (Å²) in [7, 11) is 1.88. The average molecular weight is 291 g/mol. The van der Waals surface area contributed by atoms with Gasteiger partial charge in [0.25, 0.3) is 0 Å². The second-order valence-corrected chi connectivity index (χ2v) is 6.07. The molecule has 0 fully saturated rings. The van der Waals surface area contributed by atoms with Crippen molar-refractivity contribution in [3.05, 3.63) is 47.8 Å². The molecule has 0 amide bonds. The topological polar surface area (TPSA) is 39.1 Å². The number of hydrogen-bond donors (Lipinski definition) is 1. The van der Waals surface area contributed by atoms with Crippen LogP contribution < -0.4 is 10.1 Å². The summed E-state index contributed by atoms with van der Waals surface area (Å²) in [5.41, 5.74) is 0.766. The molecule has 5 heteroatoms. The molecule has 0 aliphatic rings. The molecule has 0 saturated carbocycles. The zero-order chi connectivity index (χ0) is 15.5. The molecule has 0 aliphatic heterocycles. The SMILES string of the molecule is Cn1ccnc1COc1c(F)cccc1CNC(C)(C)C. The van der Waals surface area contributed by atoms with Crippen molar-refractivity contribution in [2.45, 2.75) is 39.5 Å². The summed E-state index contributed by atoms with van der Waals surface area (Å²) >= 11 is 0. The first-order valence-corrected chi connectivity index (χ1v) is 6.98. The Balaban J connectivity index is 2.12. The second-order valence-electron chi connectivity index (χ2n) is 6.07. The first kappa shape index (κ1) is 15.5. The summed E-state index contributed by atoms with van der Waals surface area (Å²) in [5, 5.41) is 3.34. The molecule has 114 valence electrons. The number of rotatable bonds is 5. The van der Waals surface area contributed by atoms with Crippen LogP contribution in [-0.4, -0.2) is 15.1 Å². The lowest BCUT2D eigenvalue weighted by atomic mass is 10.1. The Hall–Kier alpha value is -1.88. The van der Waals surface area contributed by atoms with Gasteiger partial charge in [0.2, 0.25) is 0 Å². The van der Waals surface area contributed by atoms with Gasteiger partial charge in [-0.2, -0.15) is 0 Å². The summed E-state index contributed by atoms with van der Waals surface area (Å²) in [6.07, 6.45) is 3.53. The van der Waals surface area contributed by atoms with Crippen molar-refractivity contribution in [3.8, 4) is 5.75 Å². The fraction of sp³-hybridized carbons (Fsp3) is 0.438. The second kappa shape index (κ2) is 6.26. The molecule has 1 aromatic heterocycles. The summed E-state index contributed by atoms with van der Waals surface area (Å²) in [6.45, 7) is 7.01. The molecule has 1 heterocycles. The smallest absolute Gasteiger partial charge is 0.165 e. The highest BCUT2D eigenvalue weighted by molar-refractivity contribution is 5.35. The maximum absolute atomic E-state index is 14.0. The van der Waals surface area contributed by atoms with Crippen LogP contribution in [0.3, 0.4) is 0 Å². The number of ether oxygens (including phenoxy) is 1. The molecule has 1 aromatic carbocycles. The normalized spacial score (nSPS) is 11.7. The monoisotopic (exact) mass is 291 g/mol. The molecule has 2 aromatic rings. The van der Waals surface area contributed by atoms with Crippen LogP contribution in [0.15, 0.2) is 30.6 Å². The van der Waals surface area contributed by atoms with E-state index in [0.717, 1.165) is 11.4 Å². The third kappa shape index (κ3) is 4.29. The van der Waals surface area contributed by atoms with Gasteiger partial charge in [0.1, 0.15) is 12.4 Å². The van der Waals surface area contributed by atoms with Crippen molar-refractivity contribution in [3.63, 3.8) is 0 Å². The first-order valence-electron chi connectivity index (χ1n) is 6.98. The fourth-order valence-corrected chi connectivity index (χ4v) is 1.89. The van der Waals surface area contributed by atoms with E-state index in [9.17, 15) is 4.39 Å². The molecule has 0 unspecified atom stereocenters. The third-order valence-corrected chi connectivity index (χ3v) is 3.12. The zero-order valence-corrected chi connectivity index (χ0v) is 13.0. The molecule has 2 rings (SSSR count). The van der Waals surface area contributed by atoms with Gasteiger partial charge in [-0.1, -0.05) is 12.1 Å². The molecule has 0 spiro atoms. The molecule has 4 nitrogen and oxygen atoms in total. The molecule has 0 aliphatic carbocycles. The van der Waals surface area contributed by atoms with Crippen LogP contribution in [-0.2, 0) is 20.2 Å². The van der Waals surface area contributed by atoms with Crippen LogP contribution in [0.5, 0.6) is 5.75 Å². The number of imidazole rings is 1. The summed E-state index contributed by atoms with van der Waals surface area (Å²) in [5.74, 6) is 0.697. The minimum Gasteiger partial charge on any atom is -0.482 e. The number of nitrogens with zero attached hydrogens (tertiary/aromatic N) is 2. The van der Waals surface area contributed by atoms with E-state index in [2.05, 4.69) is 31.1 Å². The fourth-order valence-electron chi connectivity index (χ4n) is 1.89. The largest absolute Gasteiger partial charge is 0.482 e. The molecular weight excluding hydrogens is 269 g/mol. The van der Waals surface area contributed by atoms with Crippen molar-refractivity contribution in [2.75, 3.05) is 0 Å². The molecule has 0 bridgehead atoms. The predicted molar refractivity (Wildman–Crippen MR) is 80.5 cm³/mol. The number of para-hydroxylation sites is 1. The van der Waals surface area contributed by atoms with Crippen molar-refractivity contribution in [2.24, 2.45) is 7.05 Å². The number of halogens is 1. The molecule has 0 saturated heterocycles. The van der Waals surface area contributed by atoms with E-state index in [1.54, 1.807) is 12.3 Å². The van der Waals surface area contributed by atoms with Gasteiger partial charge in [0.15, 0.2) is 11.6 Å². The van der Waals surface area contributed by atoms with E-state index < -0.39 is 0 Å². The first-order chi connectivity index (χ1) is 9.87. The quantitative estimate of drug-likeness (QED) is 0.920. The molecule has 0 radical (unpaired) electrons. The van der Waals surface area contributed by atoms with Crippen LogP contribution in [0.1, 0.15) is 32.2 Å². The highest BCUT2D eigenvalue weighted by Gasteiger charge is 2.14. The van der Waals surface area contributed by atoms with Crippen LogP contribution in [0, 0.1) is 5.82 Å². The van der Waals surface area contributed by atoms with Gasteiger partial charge < -0.3 is 14.6 Å². The van der Waals surface area contributed by atoms with E-state index in [1.807, 2.05) is 23.9 Å². The Bertz CT molecular complexity index is 602. The van der Waals surface area contributed by atoms with Crippen molar-refractivity contribution >= 4 is 0 Å². The number of benzene rings is 1. The summed E-state index contributed by atoms with van der Waals surface area (Å²) in [6, 6.07) is 4.98. The van der Waals surface area contributed by atoms with Crippen LogP contribution >= 0.6 is 0 Å². The average Bonchev–Trinajstić information content (AvgIpc) is 2.80. The van der Waals surface area contributed by atoms with Gasteiger partial charge in [-0.25, -0.2) is 9.37 Å². The zero-order valence-electron chi connectivity index (χ0n) is 13.0. The van der Waals surface area contributed by atoms with E-state index in [4.69, 9.17) is 4.74 Å². The van der Waals surface area contributed by atoms with Crippen LogP contribution in [0.2, 0.25) is 0 Å². The van der Waals surface area contributed by atoms with Crippen LogP contribution in [0.25, 0.3) is 0 Å². The predicted octanol–water partition coefficient (Wildman–Crippen LogP) is 3.03. The Morgan fingerprint density at radius 1 is 1.33 bits per heavy atom. The Kier molecular flexibility index (Phi) is 4.63. The molecule has 1 N–H and O–H groups in total. The van der Waals surface area contributed by atoms with Gasteiger partial charge >= 0.3 is 0 Å². The molecule has 0 atom stereocenters. The van der Waals surface area contributed by atoms with E-state index in [-0.39, 0.29) is 23.7 Å². The maximum Gasteiger partial charge on any atom is 0.165 e. The minimum absolute atomic E-state index is 0.0384. The van der Waals surface area contributed by atoms with Crippen molar-refractivity contribution in [1.82, 2.24) is 14.9 Å². The lowest BCUT2D eigenvalue weighted by Crippen LogP contribution is -2.35. The number of aromatic nitrogens is 2. The van der Waals surface area contributed by atoms with Crippen molar-refractivity contribution < 1.29 is 9.13 Å². The minimum atomic E-state index is -0.350. The summed E-state index contributed by atoms with van der Waals surface area (Å²) in [4.78, 5) is 4.18. The number of hydrogen-bond acceptors (Lipinski definition) is 3. The third-order valence-electron chi connectivity index (χ3n) is 3.12. The van der Waals surface area contributed by atoms with E-state index >= 15 is 0 Å². The number of nitrogens with one attached hydrogen (secondary N) is 1. The van der Waals surface area contributed by atoms with Gasteiger partial charge in [-0.15, -0.1) is 0 Å². The lowest BCUT2D eigenvalue weighted by molar-refractivity contribution is 0.272. The number of aryl methyl sites for hydroxylation is 1. The highest BCUT2D eigenvalue weighted by Crippen LogP contribution is 2.24. The Morgan fingerprint density at radius 2 is 2.10 bits per heavy atom. The van der Waals surface area contributed by atoms with Gasteiger partial charge in [-0.3, -0.25) is 0 Å². The van der Waals surface area contributed by atoms with Gasteiger partial charge in [0, 0.05) is 37.1 Å². The van der Waals surface area contributed by atoms with Crippen molar-refractivity contribution in [1.29, 1.82) is 0 Å². The lowest BCUT2D eigenvalue weighted by Gasteiger charge is -2.21. The van der Waals surface area contributed by atoms with E-state index in [1.165, 1.54) is 6.07 Å². The van der Waals surface area contributed by atoms with E-state index in [0.29, 0.717) is 6.54 Å². The maximum atomic E-state index is 14.0. The highest BCUT2D eigenvalue weighted by atomic mass is 19.1.